The van der Waals surface area contributed by atoms with Gasteiger partial charge in [-0.3, -0.25) is 0 Å². The average molecular weight is 338 g/mol. The first-order valence-corrected chi connectivity index (χ1v) is 9.86. The van der Waals surface area contributed by atoms with Crippen molar-refractivity contribution in [2.24, 2.45) is 0 Å². The summed E-state index contributed by atoms with van der Waals surface area (Å²) in [6.45, 7) is 0. The summed E-state index contributed by atoms with van der Waals surface area (Å²) in [6.07, 6.45) is 8.47. The van der Waals surface area contributed by atoms with Gasteiger partial charge in [-0.2, -0.15) is 4.98 Å². The molecule has 2 aromatic carbocycles. The van der Waals surface area contributed by atoms with Crippen molar-refractivity contribution in [3.05, 3.63) is 42.5 Å². The summed E-state index contributed by atoms with van der Waals surface area (Å²) in [5.41, 5.74) is 4.14. The molecule has 1 aromatic heterocycles. The van der Waals surface area contributed by atoms with E-state index in [-0.39, 0.29) is 0 Å². The molecule has 0 amide bonds. The average Bonchev–Trinajstić information content (AvgIpc) is 3.04. The Morgan fingerprint density at radius 2 is 1.75 bits per heavy atom. The van der Waals surface area contributed by atoms with Crippen LogP contribution in [0.2, 0.25) is 0 Å². The second-order valence-corrected chi connectivity index (χ2v) is 7.29. The number of benzene rings is 2. The van der Waals surface area contributed by atoms with Crippen LogP contribution in [-0.2, 0) is 0 Å². The van der Waals surface area contributed by atoms with E-state index >= 15 is 0 Å². The third-order valence-corrected chi connectivity index (χ3v) is 5.49. The van der Waals surface area contributed by atoms with Crippen LogP contribution in [0.25, 0.3) is 22.2 Å². The van der Waals surface area contributed by atoms with Gasteiger partial charge < -0.3 is 9.73 Å². The van der Waals surface area contributed by atoms with Crippen LogP contribution < -0.4 is 5.32 Å². The maximum atomic E-state index is 5.87. The maximum Gasteiger partial charge on any atom is 0.295 e. The zero-order valence-electron chi connectivity index (χ0n) is 13.9. The normalized spacial score (nSPS) is 15.7. The van der Waals surface area contributed by atoms with E-state index < -0.39 is 0 Å². The summed E-state index contributed by atoms with van der Waals surface area (Å²) in [5, 5.41) is 3.46. The number of anilines is 1. The molecule has 4 rings (SSSR count). The van der Waals surface area contributed by atoms with E-state index in [0.29, 0.717) is 12.1 Å². The van der Waals surface area contributed by atoms with E-state index in [9.17, 15) is 0 Å². The van der Waals surface area contributed by atoms with Crippen molar-refractivity contribution in [2.75, 3.05) is 11.6 Å². The second kappa shape index (κ2) is 6.89. The first-order valence-electron chi connectivity index (χ1n) is 8.63. The molecular weight excluding hydrogens is 316 g/mol. The Balaban J connectivity index is 1.58. The standard InChI is InChI=1S/C20H22N2OS/c1-24-17-10-7-14(8-11-17)15-9-12-19-18(13-15)22-20(23-19)21-16-5-3-2-4-6-16/h7-13,16H,2-6H2,1H3,(H,21,22). The molecule has 0 atom stereocenters. The van der Waals surface area contributed by atoms with E-state index in [1.165, 1.54) is 48.1 Å². The van der Waals surface area contributed by atoms with Crippen molar-refractivity contribution in [3.8, 4) is 11.1 Å². The summed E-state index contributed by atoms with van der Waals surface area (Å²) >= 11 is 1.76. The van der Waals surface area contributed by atoms with Crippen molar-refractivity contribution in [1.29, 1.82) is 0 Å². The minimum Gasteiger partial charge on any atom is -0.424 e. The number of fused-ring (bicyclic) bond motifs is 1. The molecule has 1 saturated carbocycles. The first-order chi connectivity index (χ1) is 11.8. The monoisotopic (exact) mass is 338 g/mol. The van der Waals surface area contributed by atoms with Gasteiger partial charge in [0.25, 0.3) is 6.01 Å². The Labute approximate surface area is 146 Å². The van der Waals surface area contributed by atoms with Gasteiger partial charge in [-0.15, -0.1) is 11.8 Å². The molecule has 24 heavy (non-hydrogen) atoms. The van der Waals surface area contributed by atoms with E-state index in [2.05, 4.69) is 53.0 Å². The number of nitrogens with zero attached hydrogens (tertiary/aromatic N) is 1. The molecule has 0 spiro atoms. The topological polar surface area (TPSA) is 38.1 Å². The molecule has 0 bridgehead atoms. The lowest BCUT2D eigenvalue weighted by atomic mass is 9.96. The molecule has 3 nitrogen and oxygen atoms in total. The van der Waals surface area contributed by atoms with Gasteiger partial charge in [0.1, 0.15) is 5.52 Å². The molecule has 124 valence electrons. The van der Waals surface area contributed by atoms with Crippen molar-refractivity contribution >= 4 is 28.9 Å². The van der Waals surface area contributed by atoms with Gasteiger partial charge in [-0.05, 0) is 54.5 Å². The van der Waals surface area contributed by atoms with Crippen molar-refractivity contribution in [3.63, 3.8) is 0 Å². The van der Waals surface area contributed by atoms with Gasteiger partial charge >= 0.3 is 0 Å². The molecule has 1 aliphatic rings. The summed E-state index contributed by atoms with van der Waals surface area (Å²) in [6, 6.07) is 16.0. The summed E-state index contributed by atoms with van der Waals surface area (Å²) in [4.78, 5) is 5.92. The van der Waals surface area contributed by atoms with Gasteiger partial charge in [0.15, 0.2) is 5.58 Å². The largest absolute Gasteiger partial charge is 0.424 e. The highest BCUT2D eigenvalue weighted by molar-refractivity contribution is 7.98. The van der Waals surface area contributed by atoms with Crippen LogP contribution in [-0.4, -0.2) is 17.3 Å². The van der Waals surface area contributed by atoms with Gasteiger partial charge in [0.05, 0.1) is 0 Å². The highest BCUT2D eigenvalue weighted by Crippen LogP contribution is 2.29. The zero-order chi connectivity index (χ0) is 16.4. The number of aromatic nitrogens is 1. The van der Waals surface area contributed by atoms with Crippen LogP contribution in [0.3, 0.4) is 0 Å². The van der Waals surface area contributed by atoms with Gasteiger partial charge in [-0.25, -0.2) is 0 Å². The molecule has 4 heteroatoms. The molecule has 1 aliphatic carbocycles. The minimum absolute atomic E-state index is 0.505. The van der Waals surface area contributed by atoms with E-state index in [1.54, 1.807) is 11.8 Å². The fourth-order valence-corrected chi connectivity index (χ4v) is 3.78. The number of rotatable bonds is 4. The predicted molar refractivity (Wildman–Crippen MR) is 102 cm³/mol. The Morgan fingerprint density at radius 1 is 1.00 bits per heavy atom. The van der Waals surface area contributed by atoms with Gasteiger partial charge in [0, 0.05) is 10.9 Å². The lowest BCUT2D eigenvalue weighted by Gasteiger charge is -2.21. The smallest absolute Gasteiger partial charge is 0.295 e. The lowest BCUT2D eigenvalue weighted by molar-refractivity contribution is 0.451. The summed E-state index contributed by atoms with van der Waals surface area (Å²) < 4.78 is 5.87. The fraction of sp³-hybridized carbons (Fsp3) is 0.350. The van der Waals surface area contributed by atoms with Gasteiger partial charge in [0.2, 0.25) is 0 Å². The van der Waals surface area contributed by atoms with E-state index in [0.717, 1.165) is 11.1 Å². The molecule has 1 fully saturated rings. The SMILES string of the molecule is CSc1ccc(-c2ccc3oc(NC4CCCCC4)nc3c2)cc1. The molecule has 3 aromatic rings. The van der Waals surface area contributed by atoms with Crippen LogP contribution in [0.1, 0.15) is 32.1 Å². The Hall–Kier alpha value is -1.94. The third-order valence-electron chi connectivity index (χ3n) is 4.74. The van der Waals surface area contributed by atoms with Crippen molar-refractivity contribution in [1.82, 2.24) is 4.98 Å². The minimum atomic E-state index is 0.505. The molecular formula is C20H22N2OS. The number of hydrogen-bond donors (Lipinski definition) is 1. The molecule has 1 heterocycles. The zero-order valence-corrected chi connectivity index (χ0v) is 14.7. The van der Waals surface area contributed by atoms with Crippen molar-refractivity contribution < 1.29 is 4.42 Å². The van der Waals surface area contributed by atoms with Crippen molar-refractivity contribution in [2.45, 2.75) is 43.0 Å². The summed E-state index contributed by atoms with van der Waals surface area (Å²) in [5.74, 6) is 0. The third kappa shape index (κ3) is 3.29. The molecule has 0 radical (unpaired) electrons. The highest BCUT2D eigenvalue weighted by atomic mass is 32.2. The fourth-order valence-electron chi connectivity index (χ4n) is 3.37. The number of oxazole rings is 1. The predicted octanol–water partition coefficient (Wildman–Crippen LogP) is 5.96. The first kappa shape index (κ1) is 15.6. The van der Waals surface area contributed by atoms with Crippen LogP contribution in [0.15, 0.2) is 51.8 Å². The molecule has 0 saturated heterocycles. The van der Waals surface area contributed by atoms with Gasteiger partial charge in [-0.1, -0.05) is 37.5 Å². The number of hydrogen-bond acceptors (Lipinski definition) is 4. The molecule has 0 unspecified atom stereocenters. The van der Waals surface area contributed by atoms with E-state index in [4.69, 9.17) is 4.42 Å². The highest BCUT2D eigenvalue weighted by Gasteiger charge is 2.16. The van der Waals surface area contributed by atoms with Crippen LogP contribution >= 0.6 is 11.8 Å². The van der Waals surface area contributed by atoms with Crippen LogP contribution in [0, 0.1) is 0 Å². The van der Waals surface area contributed by atoms with E-state index in [1.807, 2.05) is 6.07 Å². The van der Waals surface area contributed by atoms with Crippen LogP contribution in [0.5, 0.6) is 0 Å². The summed E-state index contributed by atoms with van der Waals surface area (Å²) in [7, 11) is 0. The number of thioether (sulfide) groups is 1. The Kier molecular flexibility index (Phi) is 4.48. The molecule has 1 N–H and O–H groups in total. The maximum absolute atomic E-state index is 5.87. The molecule has 0 aliphatic heterocycles. The quantitative estimate of drug-likeness (QED) is 0.596. The Bertz CT molecular complexity index is 819. The number of nitrogens with one attached hydrogen (secondary N) is 1. The van der Waals surface area contributed by atoms with Crippen LogP contribution in [0.4, 0.5) is 6.01 Å². The lowest BCUT2D eigenvalue weighted by Crippen LogP contribution is -2.22. The Morgan fingerprint density at radius 3 is 2.50 bits per heavy atom. The second-order valence-electron chi connectivity index (χ2n) is 6.41.